The van der Waals surface area contributed by atoms with Crippen molar-refractivity contribution in [3.63, 3.8) is 0 Å². The molecule has 0 aliphatic rings. The number of carbonyl (C=O) groups excluding carboxylic acids is 1. The fraction of sp³-hybridized carbons (Fsp3) is 0.400. The van der Waals surface area contributed by atoms with E-state index < -0.39 is 0 Å². The molecular weight excluding hydrogens is 178 g/mol. The lowest BCUT2D eigenvalue weighted by atomic mass is 10.2. The van der Waals surface area contributed by atoms with Crippen molar-refractivity contribution in [1.82, 2.24) is 9.88 Å². The molecular formula is C10H15N3O. The molecule has 0 aliphatic carbocycles. The first kappa shape index (κ1) is 10.7. The molecule has 4 nitrogen and oxygen atoms in total. The van der Waals surface area contributed by atoms with E-state index in [9.17, 15) is 4.79 Å². The summed E-state index contributed by atoms with van der Waals surface area (Å²) in [6, 6.07) is 5.81. The van der Waals surface area contributed by atoms with Crippen LogP contribution < -0.4 is 5.73 Å². The van der Waals surface area contributed by atoms with Crippen LogP contribution in [0.15, 0.2) is 24.4 Å². The molecule has 0 fully saturated rings. The highest BCUT2D eigenvalue weighted by atomic mass is 16.1. The van der Waals surface area contributed by atoms with Crippen molar-refractivity contribution >= 4 is 5.91 Å². The summed E-state index contributed by atoms with van der Waals surface area (Å²) in [7, 11) is 1.87. The molecule has 1 heterocycles. The molecule has 0 atom stereocenters. The summed E-state index contributed by atoms with van der Waals surface area (Å²) in [4.78, 5) is 16.7. The molecule has 1 aromatic rings. The molecule has 0 unspecified atom stereocenters. The molecule has 0 aromatic carbocycles. The Morgan fingerprint density at radius 3 is 2.93 bits per heavy atom. The van der Waals surface area contributed by atoms with Gasteiger partial charge in [-0.25, -0.2) is 0 Å². The van der Waals surface area contributed by atoms with E-state index in [2.05, 4.69) is 4.98 Å². The number of rotatable bonds is 5. The summed E-state index contributed by atoms with van der Waals surface area (Å²) in [6.07, 6.45) is 2.61. The first-order chi connectivity index (χ1) is 6.68. The number of amides is 1. The van der Waals surface area contributed by atoms with Crippen LogP contribution in [-0.2, 0) is 11.2 Å². The SMILES string of the molecule is CN(CCc1ccccn1)CC(N)=O. The zero-order valence-electron chi connectivity index (χ0n) is 8.31. The van der Waals surface area contributed by atoms with Gasteiger partial charge in [-0.05, 0) is 19.2 Å². The zero-order chi connectivity index (χ0) is 10.4. The summed E-state index contributed by atoms with van der Waals surface area (Å²) in [6.45, 7) is 1.09. The van der Waals surface area contributed by atoms with Gasteiger partial charge in [-0.3, -0.25) is 14.7 Å². The summed E-state index contributed by atoms with van der Waals surface area (Å²) in [5.74, 6) is -0.298. The molecule has 0 saturated heterocycles. The molecule has 0 aliphatic heterocycles. The lowest BCUT2D eigenvalue weighted by Crippen LogP contribution is -2.32. The topological polar surface area (TPSA) is 59.2 Å². The number of aromatic nitrogens is 1. The van der Waals surface area contributed by atoms with Crippen molar-refractivity contribution in [2.24, 2.45) is 5.73 Å². The first-order valence-electron chi connectivity index (χ1n) is 4.55. The van der Waals surface area contributed by atoms with Crippen LogP contribution in [-0.4, -0.2) is 35.9 Å². The highest BCUT2D eigenvalue weighted by Gasteiger charge is 2.02. The number of carbonyl (C=O) groups is 1. The van der Waals surface area contributed by atoms with Crippen LogP contribution in [0.25, 0.3) is 0 Å². The van der Waals surface area contributed by atoms with Gasteiger partial charge in [-0.1, -0.05) is 6.07 Å². The van der Waals surface area contributed by atoms with Crippen molar-refractivity contribution in [2.75, 3.05) is 20.1 Å². The summed E-state index contributed by atoms with van der Waals surface area (Å²) < 4.78 is 0. The van der Waals surface area contributed by atoms with Crippen molar-refractivity contribution < 1.29 is 4.79 Å². The van der Waals surface area contributed by atoms with Gasteiger partial charge >= 0.3 is 0 Å². The zero-order valence-corrected chi connectivity index (χ0v) is 8.31. The smallest absolute Gasteiger partial charge is 0.231 e. The van der Waals surface area contributed by atoms with Crippen molar-refractivity contribution in [3.05, 3.63) is 30.1 Å². The normalized spacial score (nSPS) is 10.4. The maximum absolute atomic E-state index is 10.6. The Balaban J connectivity index is 2.30. The van der Waals surface area contributed by atoms with Crippen LogP contribution in [0.2, 0.25) is 0 Å². The largest absolute Gasteiger partial charge is 0.369 e. The van der Waals surface area contributed by atoms with Gasteiger partial charge in [0.1, 0.15) is 0 Å². The molecule has 0 radical (unpaired) electrons. The summed E-state index contributed by atoms with van der Waals surface area (Å²) in [5.41, 5.74) is 6.10. The van der Waals surface area contributed by atoms with Gasteiger partial charge in [-0.15, -0.1) is 0 Å². The molecule has 1 aromatic heterocycles. The molecule has 2 N–H and O–H groups in total. The molecule has 14 heavy (non-hydrogen) atoms. The number of hydrogen-bond donors (Lipinski definition) is 1. The molecule has 1 rings (SSSR count). The maximum atomic E-state index is 10.6. The van der Waals surface area contributed by atoms with Gasteiger partial charge in [0.25, 0.3) is 0 Å². The number of nitrogens with two attached hydrogens (primary N) is 1. The van der Waals surface area contributed by atoms with E-state index in [1.807, 2.05) is 30.1 Å². The van der Waals surface area contributed by atoms with E-state index >= 15 is 0 Å². The quantitative estimate of drug-likeness (QED) is 0.718. The van der Waals surface area contributed by atoms with Gasteiger partial charge in [0.15, 0.2) is 0 Å². The second-order valence-electron chi connectivity index (χ2n) is 3.28. The highest BCUT2D eigenvalue weighted by Crippen LogP contribution is 1.95. The third-order valence-electron chi connectivity index (χ3n) is 1.90. The lowest BCUT2D eigenvalue weighted by Gasteiger charge is -2.13. The Labute approximate surface area is 83.7 Å². The van der Waals surface area contributed by atoms with Gasteiger partial charge < -0.3 is 5.73 Å². The van der Waals surface area contributed by atoms with Gasteiger partial charge in [0, 0.05) is 24.9 Å². The Kier molecular flexibility index (Phi) is 4.07. The van der Waals surface area contributed by atoms with Crippen molar-refractivity contribution in [2.45, 2.75) is 6.42 Å². The highest BCUT2D eigenvalue weighted by molar-refractivity contribution is 5.75. The second kappa shape index (κ2) is 5.34. The maximum Gasteiger partial charge on any atom is 0.231 e. The van der Waals surface area contributed by atoms with Crippen LogP contribution in [0.3, 0.4) is 0 Å². The monoisotopic (exact) mass is 193 g/mol. The van der Waals surface area contributed by atoms with Crippen molar-refractivity contribution in [3.8, 4) is 0 Å². The minimum atomic E-state index is -0.298. The fourth-order valence-corrected chi connectivity index (χ4v) is 1.20. The Bertz CT molecular complexity index is 287. The molecule has 0 saturated carbocycles. The third kappa shape index (κ3) is 4.00. The average Bonchev–Trinajstić information content (AvgIpc) is 2.15. The number of likely N-dealkylation sites (N-methyl/N-ethyl adjacent to an activating group) is 1. The molecule has 76 valence electrons. The third-order valence-corrected chi connectivity index (χ3v) is 1.90. The average molecular weight is 193 g/mol. The van der Waals surface area contributed by atoms with Crippen molar-refractivity contribution in [1.29, 1.82) is 0 Å². The Morgan fingerprint density at radius 1 is 1.57 bits per heavy atom. The van der Waals surface area contributed by atoms with E-state index in [0.29, 0.717) is 6.54 Å². The van der Waals surface area contributed by atoms with E-state index in [0.717, 1.165) is 18.7 Å². The van der Waals surface area contributed by atoms with E-state index in [4.69, 9.17) is 5.73 Å². The minimum absolute atomic E-state index is 0.298. The minimum Gasteiger partial charge on any atom is -0.369 e. The van der Waals surface area contributed by atoms with E-state index in [1.165, 1.54) is 0 Å². The lowest BCUT2D eigenvalue weighted by molar-refractivity contribution is -0.118. The van der Waals surface area contributed by atoms with E-state index in [-0.39, 0.29) is 5.91 Å². The van der Waals surface area contributed by atoms with Gasteiger partial charge in [0.2, 0.25) is 5.91 Å². The molecule has 0 bridgehead atoms. The standard InChI is InChI=1S/C10H15N3O/c1-13(8-10(11)14)7-5-9-4-2-3-6-12-9/h2-4,6H,5,7-8H2,1H3,(H2,11,14). The molecule has 1 amide bonds. The summed E-state index contributed by atoms with van der Waals surface area (Å²) >= 11 is 0. The number of pyridine rings is 1. The number of hydrogen-bond acceptors (Lipinski definition) is 3. The Morgan fingerprint density at radius 2 is 2.36 bits per heavy atom. The van der Waals surface area contributed by atoms with Gasteiger partial charge in [-0.2, -0.15) is 0 Å². The second-order valence-corrected chi connectivity index (χ2v) is 3.28. The molecule has 0 spiro atoms. The Hall–Kier alpha value is -1.42. The number of primary amides is 1. The predicted molar refractivity (Wildman–Crippen MR) is 54.6 cm³/mol. The summed E-state index contributed by atoms with van der Waals surface area (Å²) in [5, 5.41) is 0. The van der Waals surface area contributed by atoms with E-state index in [1.54, 1.807) is 6.20 Å². The van der Waals surface area contributed by atoms with Crippen LogP contribution in [0.4, 0.5) is 0 Å². The predicted octanol–water partition coefficient (Wildman–Crippen LogP) is 0.0412. The number of nitrogens with zero attached hydrogens (tertiary/aromatic N) is 2. The van der Waals surface area contributed by atoms with Crippen LogP contribution >= 0.6 is 0 Å². The molecule has 4 heteroatoms. The van der Waals surface area contributed by atoms with Crippen LogP contribution in [0, 0.1) is 0 Å². The van der Waals surface area contributed by atoms with Crippen LogP contribution in [0.5, 0.6) is 0 Å². The van der Waals surface area contributed by atoms with Gasteiger partial charge in [0.05, 0.1) is 6.54 Å². The fourth-order valence-electron chi connectivity index (χ4n) is 1.20. The van der Waals surface area contributed by atoms with Crippen LogP contribution in [0.1, 0.15) is 5.69 Å². The first-order valence-corrected chi connectivity index (χ1v) is 4.55.